The number of hydrogen-bond donors (Lipinski definition) is 0. The molecule has 0 atom stereocenters. The second-order valence-corrected chi connectivity index (χ2v) is 4.35. The average molecular weight is 241 g/mol. The van der Waals surface area contributed by atoms with Crippen LogP contribution in [0.15, 0.2) is 36.4 Å². The molecule has 0 unspecified atom stereocenters. The molecule has 0 amide bonds. The molecule has 0 aliphatic carbocycles. The minimum Gasteiger partial charge on any atom is -0.341 e. The summed E-state index contributed by atoms with van der Waals surface area (Å²) in [4.78, 5) is 22.6. The van der Waals surface area contributed by atoms with Crippen LogP contribution in [0.3, 0.4) is 0 Å². The van der Waals surface area contributed by atoms with Crippen LogP contribution in [-0.4, -0.2) is 16.1 Å². The maximum atomic E-state index is 11.4. The predicted octanol–water partition coefficient (Wildman–Crippen LogP) is 3.10. The van der Waals surface area contributed by atoms with Crippen LogP contribution < -0.4 is 0 Å². The van der Waals surface area contributed by atoms with Crippen molar-refractivity contribution in [2.24, 2.45) is 7.05 Å². The molecule has 92 valence electrons. The summed E-state index contributed by atoms with van der Waals surface area (Å²) in [5.74, 6) is 0.0990. The predicted molar refractivity (Wildman–Crippen MR) is 70.9 cm³/mol. The van der Waals surface area contributed by atoms with Gasteiger partial charge in [-0.25, -0.2) is 0 Å². The van der Waals surface area contributed by atoms with Crippen molar-refractivity contribution in [3.63, 3.8) is 0 Å². The number of Topliss-reactive ketones (excluding diaryl/α,β-unsaturated/α-hetero) is 2. The van der Waals surface area contributed by atoms with Gasteiger partial charge in [0.15, 0.2) is 11.6 Å². The minimum absolute atomic E-state index is 0.0455. The van der Waals surface area contributed by atoms with Gasteiger partial charge in [0.2, 0.25) is 0 Å². The number of carbonyl (C=O) groups is 2. The number of hydrogen-bond acceptors (Lipinski definition) is 2. The van der Waals surface area contributed by atoms with Gasteiger partial charge in [-0.2, -0.15) is 0 Å². The van der Waals surface area contributed by atoms with Crippen molar-refractivity contribution < 1.29 is 9.59 Å². The number of ketones is 2. The van der Waals surface area contributed by atoms with E-state index in [0.29, 0.717) is 11.3 Å². The van der Waals surface area contributed by atoms with Gasteiger partial charge in [0, 0.05) is 25.2 Å². The molecule has 2 aromatic rings. The highest BCUT2D eigenvalue weighted by Gasteiger charge is 2.10. The van der Waals surface area contributed by atoms with Crippen LogP contribution in [0, 0.1) is 0 Å². The Kier molecular flexibility index (Phi) is 3.15. The Bertz CT molecular complexity index is 606. The first-order valence-electron chi connectivity index (χ1n) is 5.78. The summed E-state index contributed by atoms with van der Waals surface area (Å²) in [5, 5.41) is 0. The fourth-order valence-corrected chi connectivity index (χ4v) is 2.03. The van der Waals surface area contributed by atoms with Gasteiger partial charge in [0.05, 0.1) is 5.69 Å². The molecule has 0 aliphatic rings. The van der Waals surface area contributed by atoms with E-state index in [2.05, 4.69) is 0 Å². The summed E-state index contributed by atoms with van der Waals surface area (Å²) >= 11 is 0. The topological polar surface area (TPSA) is 39.1 Å². The molecule has 0 bridgehead atoms. The molecular formula is C15H15NO2. The van der Waals surface area contributed by atoms with Crippen molar-refractivity contribution in [1.29, 1.82) is 0 Å². The van der Waals surface area contributed by atoms with E-state index in [1.165, 1.54) is 0 Å². The van der Waals surface area contributed by atoms with Crippen molar-refractivity contribution in [3.05, 3.63) is 47.7 Å². The maximum Gasteiger partial charge on any atom is 0.176 e. The van der Waals surface area contributed by atoms with E-state index in [9.17, 15) is 9.59 Å². The number of aromatic nitrogens is 1. The smallest absolute Gasteiger partial charge is 0.176 e. The highest BCUT2D eigenvalue weighted by Crippen LogP contribution is 2.22. The van der Waals surface area contributed by atoms with Gasteiger partial charge in [-0.15, -0.1) is 0 Å². The first-order chi connectivity index (χ1) is 8.50. The molecule has 0 fully saturated rings. The molecule has 2 rings (SSSR count). The first kappa shape index (κ1) is 12.3. The SMILES string of the molecule is CC(=O)c1ccc(-c2ccc(C(C)=O)n2C)cc1. The summed E-state index contributed by atoms with van der Waals surface area (Å²) in [6.07, 6.45) is 0. The lowest BCUT2D eigenvalue weighted by Crippen LogP contribution is -2.02. The highest BCUT2D eigenvalue weighted by molar-refractivity contribution is 5.95. The number of rotatable bonds is 3. The highest BCUT2D eigenvalue weighted by atomic mass is 16.1. The number of carbonyl (C=O) groups excluding carboxylic acids is 2. The van der Waals surface area contributed by atoms with Crippen molar-refractivity contribution >= 4 is 11.6 Å². The fourth-order valence-electron chi connectivity index (χ4n) is 2.03. The Morgan fingerprint density at radius 2 is 1.50 bits per heavy atom. The van der Waals surface area contributed by atoms with E-state index in [1.54, 1.807) is 26.0 Å². The Balaban J connectivity index is 2.43. The van der Waals surface area contributed by atoms with Gasteiger partial charge in [0.25, 0.3) is 0 Å². The number of benzene rings is 1. The van der Waals surface area contributed by atoms with Crippen LogP contribution in [0.2, 0.25) is 0 Å². The maximum absolute atomic E-state index is 11.4. The molecule has 3 heteroatoms. The minimum atomic E-state index is 0.0455. The monoisotopic (exact) mass is 241 g/mol. The zero-order valence-electron chi connectivity index (χ0n) is 10.7. The number of nitrogens with zero attached hydrogens (tertiary/aromatic N) is 1. The Morgan fingerprint density at radius 1 is 0.889 bits per heavy atom. The lowest BCUT2D eigenvalue weighted by molar-refractivity contribution is 0.100. The molecule has 1 heterocycles. The molecule has 0 saturated heterocycles. The standard InChI is InChI=1S/C15H15NO2/c1-10(17)12-4-6-13(7-5-12)15-9-8-14(11(2)18)16(15)3/h4-9H,1-3H3. The van der Waals surface area contributed by atoms with Gasteiger partial charge >= 0.3 is 0 Å². The summed E-state index contributed by atoms with van der Waals surface area (Å²) < 4.78 is 1.87. The zero-order chi connectivity index (χ0) is 13.3. The Hall–Kier alpha value is -2.16. The molecule has 0 N–H and O–H groups in total. The second-order valence-electron chi connectivity index (χ2n) is 4.35. The summed E-state index contributed by atoms with van der Waals surface area (Å²) in [7, 11) is 1.87. The third-order valence-electron chi connectivity index (χ3n) is 3.07. The largest absolute Gasteiger partial charge is 0.341 e. The molecule has 0 aliphatic heterocycles. The average Bonchev–Trinajstić information content (AvgIpc) is 2.71. The van der Waals surface area contributed by atoms with Gasteiger partial charge in [-0.3, -0.25) is 9.59 Å². The van der Waals surface area contributed by atoms with Crippen molar-refractivity contribution in [1.82, 2.24) is 4.57 Å². The summed E-state index contributed by atoms with van der Waals surface area (Å²) in [6, 6.07) is 11.1. The fraction of sp³-hybridized carbons (Fsp3) is 0.200. The van der Waals surface area contributed by atoms with Crippen LogP contribution in [0.5, 0.6) is 0 Å². The van der Waals surface area contributed by atoms with Crippen molar-refractivity contribution in [2.45, 2.75) is 13.8 Å². The second kappa shape index (κ2) is 4.61. The van der Waals surface area contributed by atoms with Crippen molar-refractivity contribution in [3.8, 4) is 11.3 Å². The lowest BCUT2D eigenvalue weighted by atomic mass is 10.1. The van der Waals surface area contributed by atoms with E-state index in [0.717, 1.165) is 11.3 Å². The lowest BCUT2D eigenvalue weighted by Gasteiger charge is -2.06. The third-order valence-corrected chi connectivity index (χ3v) is 3.07. The summed E-state index contributed by atoms with van der Waals surface area (Å²) in [5.41, 5.74) is 3.34. The van der Waals surface area contributed by atoms with Crippen LogP contribution in [0.4, 0.5) is 0 Å². The molecule has 1 aromatic carbocycles. The van der Waals surface area contributed by atoms with Crippen LogP contribution >= 0.6 is 0 Å². The Morgan fingerprint density at radius 3 is 1.94 bits per heavy atom. The molecule has 0 spiro atoms. The molecule has 3 nitrogen and oxygen atoms in total. The van der Waals surface area contributed by atoms with E-state index < -0.39 is 0 Å². The van der Waals surface area contributed by atoms with Crippen molar-refractivity contribution in [2.75, 3.05) is 0 Å². The van der Waals surface area contributed by atoms with Gasteiger partial charge in [0.1, 0.15) is 0 Å². The molecule has 18 heavy (non-hydrogen) atoms. The molecule has 0 saturated carbocycles. The third kappa shape index (κ3) is 2.12. The van der Waals surface area contributed by atoms with Crippen LogP contribution in [-0.2, 0) is 7.05 Å². The van der Waals surface area contributed by atoms with Gasteiger partial charge in [-0.1, -0.05) is 24.3 Å². The van der Waals surface area contributed by atoms with Crippen LogP contribution in [0.1, 0.15) is 34.7 Å². The molecular weight excluding hydrogens is 226 g/mol. The molecule has 1 aromatic heterocycles. The van der Waals surface area contributed by atoms with E-state index in [-0.39, 0.29) is 11.6 Å². The van der Waals surface area contributed by atoms with Crippen LogP contribution in [0.25, 0.3) is 11.3 Å². The summed E-state index contributed by atoms with van der Waals surface area (Å²) in [6.45, 7) is 3.10. The van der Waals surface area contributed by atoms with E-state index in [1.807, 2.05) is 35.9 Å². The molecule has 0 radical (unpaired) electrons. The van der Waals surface area contributed by atoms with E-state index >= 15 is 0 Å². The van der Waals surface area contributed by atoms with Gasteiger partial charge in [-0.05, 0) is 24.6 Å². The normalized spacial score (nSPS) is 10.4. The van der Waals surface area contributed by atoms with Gasteiger partial charge < -0.3 is 4.57 Å². The first-order valence-corrected chi connectivity index (χ1v) is 5.78. The zero-order valence-corrected chi connectivity index (χ0v) is 10.7. The quantitative estimate of drug-likeness (QED) is 0.774. The van der Waals surface area contributed by atoms with E-state index in [4.69, 9.17) is 0 Å². The Labute approximate surface area is 106 Å².